The van der Waals surface area contributed by atoms with E-state index >= 15 is 0 Å². The molecule has 148 valence electrons. The Hall–Kier alpha value is -1.80. The molecule has 0 saturated heterocycles. The average molecular weight is 440 g/mol. The van der Waals surface area contributed by atoms with Crippen LogP contribution in [0.2, 0.25) is 36.1 Å². The van der Waals surface area contributed by atoms with Crippen molar-refractivity contribution in [2.75, 3.05) is 6.61 Å². The summed E-state index contributed by atoms with van der Waals surface area (Å²) in [7, 11) is -1.22. The fourth-order valence-corrected chi connectivity index (χ4v) is 3.92. The molecule has 3 rings (SSSR count). The predicted molar refractivity (Wildman–Crippen MR) is 111 cm³/mol. The van der Waals surface area contributed by atoms with Crippen LogP contribution in [0.3, 0.4) is 0 Å². The van der Waals surface area contributed by atoms with Gasteiger partial charge >= 0.3 is 0 Å². The molecule has 0 fully saturated rings. The molecule has 0 aliphatic heterocycles. The molecule has 1 aromatic carbocycles. The zero-order valence-corrected chi connectivity index (χ0v) is 18.3. The Bertz CT molecular complexity index is 1020. The molecule has 0 atom stereocenters. The van der Waals surface area contributed by atoms with Crippen LogP contribution < -0.4 is 0 Å². The van der Waals surface area contributed by atoms with Gasteiger partial charge < -0.3 is 9.30 Å². The van der Waals surface area contributed by atoms with Crippen molar-refractivity contribution in [2.45, 2.75) is 32.4 Å². The quantitative estimate of drug-likeness (QED) is 0.162. The third-order valence-corrected chi connectivity index (χ3v) is 6.37. The van der Waals surface area contributed by atoms with Crippen LogP contribution in [0, 0.1) is 5.82 Å². The summed E-state index contributed by atoms with van der Waals surface area (Å²) in [5.74, 6) is -0.721. The molecule has 0 amide bonds. The smallest absolute Gasteiger partial charge is 0.225 e. The van der Waals surface area contributed by atoms with Crippen LogP contribution in [0.5, 0.6) is 0 Å². The van der Waals surface area contributed by atoms with E-state index in [1.807, 2.05) is 0 Å². The summed E-state index contributed by atoms with van der Waals surface area (Å²) in [4.78, 5) is 21.1. The van der Waals surface area contributed by atoms with E-state index in [2.05, 4.69) is 29.6 Å². The highest BCUT2D eigenvalue weighted by Crippen LogP contribution is 2.29. The number of nitrogens with zero attached hydrogens (tertiary/aromatic N) is 3. The van der Waals surface area contributed by atoms with Crippen LogP contribution in [-0.4, -0.2) is 35.0 Å². The Balaban J connectivity index is 1.96. The van der Waals surface area contributed by atoms with Gasteiger partial charge in [0, 0.05) is 26.4 Å². The Morgan fingerprint density at radius 1 is 1.18 bits per heavy atom. The Morgan fingerprint density at radius 3 is 2.50 bits per heavy atom. The minimum Gasteiger partial charge on any atom is -0.361 e. The summed E-state index contributed by atoms with van der Waals surface area (Å²) in [5, 5.41) is 0.468. The number of ketones is 1. The highest BCUT2D eigenvalue weighted by atomic mass is 35.5. The zero-order valence-electron chi connectivity index (χ0n) is 15.8. The molecule has 2 heterocycles. The number of ether oxygens (including phenoxy) is 1. The molecule has 0 N–H and O–H groups in total. The maximum atomic E-state index is 13.2. The molecule has 0 saturated carbocycles. The summed E-state index contributed by atoms with van der Waals surface area (Å²) in [6.07, 6.45) is 1.63. The van der Waals surface area contributed by atoms with E-state index in [-0.39, 0.29) is 23.0 Å². The van der Waals surface area contributed by atoms with Crippen molar-refractivity contribution in [1.29, 1.82) is 0 Å². The predicted octanol–water partition coefficient (Wildman–Crippen LogP) is 5.42. The topological polar surface area (TPSA) is 57.0 Å². The number of rotatable bonds is 7. The summed E-state index contributed by atoms with van der Waals surface area (Å²) in [6, 6.07) is 6.35. The van der Waals surface area contributed by atoms with Crippen molar-refractivity contribution in [3.8, 4) is 0 Å². The zero-order chi connectivity index (χ0) is 20.5. The molecule has 5 nitrogen and oxygen atoms in total. The summed E-state index contributed by atoms with van der Waals surface area (Å²) < 4.78 is 20.7. The number of carbonyl (C=O) groups is 1. The van der Waals surface area contributed by atoms with E-state index in [9.17, 15) is 9.18 Å². The van der Waals surface area contributed by atoms with Gasteiger partial charge in [-0.25, -0.2) is 9.37 Å². The summed E-state index contributed by atoms with van der Waals surface area (Å²) >= 11 is 12.2. The monoisotopic (exact) mass is 439 g/mol. The van der Waals surface area contributed by atoms with Crippen LogP contribution in [-0.2, 0) is 11.5 Å². The molecule has 0 unspecified atom stereocenters. The lowest BCUT2D eigenvalue weighted by molar-refractivity contribution is 0.0896. The van der Waals surface area contributed by atoms with Crippen LogP contribution in [0.1, 0.15) is 15.9 Å². The van der Waals surface area contributed by atoms with Gasteiger partial charge in [-0.3, -0.25) is 4.79 Å². The van der Waals surface area contributed by atoms with Crippen LogP contribution >= 0.6 is 23.2 Å². The number of aromatic nitrogens is 3. The highest BCUT2D eigenvalue weighted by molar-refractivity contribution is 6.76. The molecule has 2 aromatic heterocycles. The second kappa shape index (κ2) is 8.29. The first-order valence-corrected chi connectivity index (χ1v) is 13.2. The largest absolute Gasteiger partial charge is 0.361 e. The summed E-state index contributed by atoms with van der Waals surface area (Å²) in [5.41, 5.74) is 1.08. The van der Waals surface area contributed by atoms with E-state index in [1.165, 1.54) is 24.3 Å². The highest BCUT2D eigenvalue weighted by Gasteiger charge is 2.22. The van der Waals surface area contributed by atoms with Crippen molar-refractivity contribution in [2.24, 2.45) is 0 Å². The van der Waals surface area contributed by atoms with Gasteiger partial charge in [0.05, 0.1) is 10.9 Å². The van der Waals surface area contributed by atoms with Crippen molar-refractivity contribution < 1.29 is 13.9 Å². The first-order valence-electron chi connectivity index (χ1n) is 8.75. The van der Waals surface area contributed by atoms with Gasteiger partial charge in [0.15, 0.2) is 5.78 Å². The van der Waals surface area contributed by atoms with Gasteiger partial charge in [-0.05, 0) is 41.9 Å². The Kier molecular flexibility index (Phi) is 6.19. The summed E-state index contributed by atoms with van der Waals surface area (Å²) in [6.45, 7) is 7.64. The normalized spacial score (nSPS) is 11.9. The molecule has 0 bridgehead atoms. The second-order valence-corrected chi connectivity index (χ2v) is 14.0. The number of carbonyl (C=O) groups excluding carboxylic acids is 1. The Labute approximate surface area is 173 Å². The number of benzene rings is 1. The van der Waals surface area contributed by atoms with Gasteiger partial charge in [0.25, 0.3) is 0 Å². The molecular weight excluding hydrogens is 420 g/mol. The molecule has 0 aliphatic carbocycles. The lowest BCUT2D eigenvalue weighted by atomic mass is 10.0. The fraction of sp³-hybridized carbons (Fsp3) is 0.316. The van der Waals surface area contributed by atoms with Gasteiger partial charge in [-0.1, -0.05) is 31.2 Å². The van der Waals surface area contributed by atoms with Crippen molar-refractivity contribution >= 4 is 48.1 Å². The lowest BCUT2D eigenvalue weighted by Crippen LogP contribution is -2.22. The molecule has 0 spiro atoms. The lowest BCUT2D eigenvalue weighted by Gasteiger charge is -2.15. The maximum Gasteiger partial charge on any atom is 0.225 e. The van der Waals surface area contributed by atoms with Gasteiger partial charge in [-0.15, -0.1) is 0 Å². The molecule has 9 heteroatoms. The third kappa shape index (κ3) is 4.78. The van der Waals surface area contributed by atoms with E-state index < -0.39 is 13.9 Å². The molecule has 28 heavy (non-hydrogen) atoms. The number of fused-ring (bicyclic) bond motifs is 1. The van der Waals surface area contributed by atoms with E-state index in [0.29, 0.717) is 28.8 Å². The van der Waals surface area contributed by atoms with Crippen LogP contribution in [0.15, 0.2) is 30.5 Å². The maximum absolute atomic E-state index is 13.2. The number of hydrogen-bond donors (Lipinski definition) is 0. The SMILES string of the molecule is C[Si](C)(C)CCOCn1cc(C(=O)c2ccc(F)cc2)c2c(Cl)nc(Cl)nc21. The first kappa shape index (κ1) is 20.9. The fourth-order valence-electron chi connectivity index (χ4n) is 2.69. The Morgan fingerprint density at radius 2 is 1.86 bits per heavy atom. The molecule has 0 aliphatic rings. The second-order valence-electron chi connectivity index (χ2n) is 7.68. The van der Waals surface area contributed by atoms with E-state index in [0.717, 1.165) is 6.04 Å². The van der Waals surface area contributed by atoms with Crippen molar-refractivity contribution in [3.05, 3.63) is 57.8 Å². The molecular formula is C19H20Cl2FN3O2Si. The van der Waals surface area contributed by atoms with Gasteiger partial charge in [0.2, 0.25) is 5.28 Å². The van der Waals surface area contributed by atoms with Crippen molar-refractivity contribution in [1.82, 2.24) is 14.5 Å². The van der Waals surface area contributed by atoms with Gasteiger partial charge in [0.1, 0.15) is 23.3 Å². The van der Waals surface area contributed by atoms with Gasteiger partial charge in [-0.2, -0.15) is 4.98 Å². The standard InChI is InChI=1S/C19H20Cl2FN3O2Si/c1-28(2,3)9-8-27-11-25-10-14(15-17(20)23-19(21)24-18(15)25)16(26)12-4-6-13(22)7-5-12/h4-7,10H,8-9,11H2,1-3H3. The van der Waals surface area contributed by atoms with E-state index in [4.69, 9.17) is 27.9 Å². The average Bonchev–Trinajstić information content (AvgIpc) is 2.97. The minimum atomic E-state index is -1.22. The number of halogens is 3. The van der Waals surface area contributed by atoms with Crippen molar-refractivity contribution in [3.63, 3.8) is 0 Å². The molecule has 3 aromatic rings. The van der Waals surface area contributed by atoms with Crippen LogP contribution in [0.25, 0.3) is 11.0 Å². The third-order valence-electron chi connectivity index (χ3n) is 4.22. The molecule has 0 radical (unpaired) electrons. The first-order chi connectivity index (χ1) is 13.2. The van der Waals surface area contributed by atoms with E-state index in [1.54, 1.807) is 10.8 Å². The number of hydrogen-bond acceptors (Lipinski definition) is 4. The minimum absolute atomic E-state index is 0.0141. The van der Waals surface area contributed by atoms with Crippen LogP contribution in [0.4, 0.5) is 4.39 Å².